The average Bonchev–Trinajstić information content (AvgIpc) is 2.38. The molecule has 0 bridgehead atoms. The second-order valence-electron chi connectivity index (χ2n) is 5.24. The lowest BCUT2D eigenvalue weighted by atomic mass is 10.0. The molecule has 0 heterocycles. The van der Waals surface area contributed by atoms with E-state index >= 15 is 0 Å². The maximum Gasteiger partial charge on any atom is 0.240 e. The van der Waals surface area contributed by atoms with Gasteiger partial charge in [0.15, 0.2) is 0 Å². The molecule has 0 fully saturated rings. The Bertz CT molecular complexity index is 475. The first-order chi connectivity index (χ1) is 9.31. The fraction of sp³-hybridized carbons (Fsp3) is 0.533. The number of ether oxygens (including phenoxy) is 1. The monoisotopic (exact) mass is 342 g/mol. The summed E-state index contributed by atoms with van der Waals surface area (Å²) in [4.78, 5) is 12.2. The van der Waals surface area contributed by atoms with E-state index < -0.39 is 5.54 Å². The van der Waals surface area contributed by atoms with Crippen molar-refractivity contribution in [3.63, 3.8) is 0 Å². The summed E-state index contributed by atoms with van der Waals surface area (Å²) in [7, 11) is 1.63. The molecule has 1 aromatic carbocycles. The van der Waals surface area contributed by atoms with E-state index in [4.69, 9.17) is 4.74 Å². The van der Waals surface area contributed by atoms with Crippen LogP contribution in [0.15, 0.2) is 22.7 Å². The Morgan fingerprint density at radius 1 is 1.45 bits per heavy atom. The van der Waals surface area contributed by atoms with E-state index in [-0.39, 0.29) is 11.9 Å². The summed E-state index contributed by atoms with van der Waals surface area (Å²) in [6.07, 6.45) is 0. The first-order valence-electron chi connectivity index (χ1n) is 6.71. The van der Waals surface area contributed by atoms with Crippen molar-refractivity contribution in [2.45, 2.75) is 39.3 Å². The Morgan fingerprint density at radius 3 is 2.60 bits per heavy atom. The van der Waals surface area contributed by atoms with Gasteiger partial charge in [0.25, 0.3) is 0 Å². The summed E-state index contributed by atoms with van der Waals surface area (Å²) < 4.78 is 6.08. The molecule has 0 aliphatic carbocycles. The van der Waals surface area contributed by atoms with Crippen molar-refractivity contribution < 1.29 is 9.53 Å². The lowest BCUT2D eigenvalue weighted by Crippen LogP contribution is -2.52. The molecule has 1 unspecified atom stereocenters. The van der Waals surface area contributed by atoms with Crippen LogP contribution in [0.1, 0.15) is 39.3 Å². The molecule has 4 nitrogen and oxygen atoms in total. The molecule has 1 rings (SSSR count). The number of benzene rings is 1. The molecule has 0 spiro atoms. The van der Waals surface area contributed by atoms with Crippen LogP contribution in [0.5, 0.6) is 5.75 Å². The van der Waals surface area contributed by atoms with E-state index in [0.29, 0.717) is 0 Å². The molecule has 20 heavy (non-hydrogen) atoms. The van der Waals surface area contributed by atoms with Crippen LogP contribution in [0.4, 0.5) is 0 Å². The first kappa shape index (κ1) is 17.0. The van der Waals surface area contributed by atoms with Crippen molar-refractivity contribution in [2.75, 3.05) is 13.7 Å². The lowest BCUT2D eigenvalue weighted by molar-refractivity contribution is -0.127. The van der Waals surface area contributed by atoms with Crippen LogP contribution in [0.3, 0.4) is 0 Å². The van der Waals surface area contributed by atoms with Crippen LogP contribution < -0.4 is 15.4 Å². The summed E-state index contributed by atoms with van der Waals surface area (Å²) in [6.45, 7) is 8.46. The van der Waals surface area contributed by atoms with Crippen LogP contribution in [0, 0.1) is 0 Å². The number of carbonyl (C=O) groups is 1. The molecule has 0 radical (unpaired) electrons. The number of hydrogen-bond acceptors (Lipinski definition) is 3. The number of methoxy groups -OCH3 is 1. The standard InChI is InChI=1S/C15H23BrN2O2/c1-6-17-15(3,4)14(19)18-10(2)11-7-8-13(20-5)12(16)9-11/h7-10,17H,6H2,1-5H3,(H,18,19). The van der Waals surface area contributed by atoms with Gasteiger partial charge in [-0.25, -0.2) is 0 Å². The Kier molecular flexibility index (Phi) is 6.02. The number of likely N-dealkylation sites (N-methyl/N-ethyl adjacent to an activating group) is 1. The van der Waals surface area contributed by atoms with Crippen molar-refractivity contribution in [1.29, 1.82) is 0 Å². The van der Waals surface area contributed by atoms with Gasteiger partial charge in [0.1, 0.15) is 5.75 Å². The Labute approximate surface area is 129 Å². The van der Waals surface area contributed by atoms with E-state index in [1.165, 1.54) is 0 Å². The number of hydrogen-bond donors (Lipinski definition) is 2. The number of amides is 1. The minimum absolute atomic E-state index is 0.0150. The van der Waals surface area contributed by atoms with E-state index in [1.54, 1.807) is 7.11 Å². The van der Waals surface area contributed by atoms with Gasteiger partial charge in [0.05, 0.1) is 23.2 Å². The molecule has 1 aromatic rings. The van der Waals surface area contributed by atoms with Gasteiger partial charge in [-0.1, -0.05) is 13.0 Å². The molecule has 0 aromatic heterocycles. The van der Waals surface area contributed by atoms with Crippen molar-refractivity contribution in [2.24, 2.45) is 0 Å². The minimum Gasteiger partial charge on any atom is -0.496 e. The molecular weight excluding hydrogens is 320 g/mol. The largest absolute Gasteiger partial charge is 0.496 e. The maximum absolute atomic E-state index is 12.2. The molecule has 5 heteroatoms. The van der Waals surface area contributed by atoms with Gasteiger partial charge < -0.3 is 15.4 Å². The third-order valence-corrected chi connectivity index (χ3v) is 3.83. The number of carbonyl (C=O) groups excluding carboxylic acids is 1. The number of halogens is 1. The normalized spacial score (nSPS) is 12.9. The zero-order valence-corrected chi connectivity index (χ0v) is 14.3. The Balaban J connectivity index is 2.78. The highest BCUT2D eigenvalue weighted by atomic mass is 79.9. The van der Waals surface area contributed by atoms with Gasteiger partial charge in [-0.15, -0.1) is 0 Å². The average molecular weight is 343 g/mol. The molecular formula is C15H23BrN2O2. The molecule has 1 atom stereocenters. The fourth-order valence-corrected chi connectivity index (χ4v) is 2.49. The van der Waals surface area contributed by atoms with Crippen LogP contribution in [-0.2, 0) is 4.79 Å². The van der Waals surface area contributed by atoms with Crippen LogP contribution in [0.2, 0.25) is 0 Å². The van der Waals surface area contributed by atoms with Crippen LogP contribution >= 0.6 is 15.9 Å². The lowest BCUT2D eigenvalue weighted by Gasteiger charge is -2.27. The van der Waals surface area contributed by atoms with Crippen LogP contribution in [0.25, 0.3) is 0 Å². The van der Waals surface area contributed by atoms with Gasteiger partial charge >= 0.3 is 0 Å². The molecule has 112 valence electrons. The third-order valence-electron chi connectivity index (χ3n) is 3.21. The summed E-state index contributed by atoms with van der Waals surface area (Å²) in [6, 6.07) is 5.73. The van der Waals surface area contributed by atoms with E-state index in [9.17, 15) is 4.79 Å². The predicted molar refractivity (Wildman–Crippen MR) is 85.0 cm³/mol. The Morgan fingerprint density at radius 2 is 2.10 bits per heavy atom. The fourth-order valence-electron chi connectivity index (χ4n) is 1.93. The van der Waals surface area contributed by atoms with Gasteiger partial charge in [-0.3, -0.25) is 4.79 Å². The molecule has 0 aliphatic rings. The van der Waals surface area contributed by atoms with Crippen molar-refractivity contribution in [3.8, 4) is 5.75 Å². The molecule has 0 saturated heterocycles. The van der Waals surface area contributed by atoms with Gasteiger partial charge in [-0.2, -0.15) is 0 Å². The van der Waals surface area contributed by atoms with Crippen molar-refractivity contribution >= 4 is 21.8 Å². The van der Waals surface area contributed by atoms with Crippen LogP contribution in [-0.4, -0.2) is 25.1 Å². The van der Waals surface area contributed by atoms with Gasteiger partial charge in [0.2, 0.25) is 5.91 Å². The molecule has 0 aliphatic heterocycles. The highest BCUT2D eigenvalue weighted by Gasteiger charge is 2.27. The molecule has 0 saturated carbocycles. The SMILES string of the molecule is CCNC(C)(C)C(=O)NC(C)c1ccc(OC)c(Br)c1. The number of nitrogens with one attached hydrogen (secondary N) is 2. The summed E-state index contributed by atoms with van der Waals surface area (Å²) in [5.74, 6) is 0.763. The summed E-state index contributed by atoms with van der Waals surface area (Å²) in [5.41, 5.74) is 0.450. The summed E-state index contributed by atoms with van der Waals surface area (Å²) in [5, 5.41) is 6.19. The van der Waals surface area contributed by atoms with E-state index in [0.717, 1.165) is 22.3 Å². The minimum atomic E-state index is -0.577. The van der Waals surface area contributed by atoms with Crippen molar-refractivity contribution in [1.82, 2.24) is 10.6 Å². The van der Waals surface area contributed by atoms with E-state index in [1.807, 2.05) is 45.9 Å². The maximum atomic E-state index is 12.2. The second-order valence-corrected chi connectivity index (χ2v) is 6.10. The molecule has 2 N–H and O–H groups in total. The summed E-state index contributed by atoms with van der Waals surface area (Å²) >= 11 is 3.46. The smallest absolute Gasteiger partial charge is 0.240 e. The second kappa shape index (κ2) is 7.09. The third kappa shape index (κ3) is 4.21. The quantitative estimate of drug-likeness (QED) is 0.835. The van der Waals surface area contributed by atoms with Gasteiger partial charge in [-0.05, 0) is 60.9 Å². The van der Waals surface area contributed by atoms with E-state index in [2.05, 4.69) is 26.6 Å². The predicted octanol–water partition coefficient (Wildman–Crippen LogP) is 3.02. The first-order valence-corrected chi connectivity index (χ1v) is 7.50. The highest BCUT2D eigenvalue weighted by Crippen LogP contribution is 2.28. The zero-order valence-electron chi connectivity index (χ0n) is 12.7. The van der Waals surface area contributed by atoms with Gasteiger partial charge in [0, 0.05) is 0 Å². The molecule has 1 amide bonds. The Hall–Kier alpha value is -1.07. The van der Waals surface area contributed by atoms with Crippen molar-refractivity contribution in [3.05, 3.63) is 28.2 Å². The topological polar surface area (TPSA) is 50.4 Å². The number of rotatable bonds is 6. The highest BCUT2D eigenvalue weighted by molar-refractivity contribution is 9.10. The zero-order chi connectivity index (χ0) is 15.3.